The number of fused-ring (bicyclic) bond motifs is 7. The zero-order valence-electron chi connectivity index (χ0n) is 42.0. The third kappa shape index (κ3) is 6.50. The number of ether oxygens (including phenoxy) is 1. The molecule has 3 aliphatic heterocycles. The summed E-state index contributed by atoms with van der Waals surface area (Å²) >= 11 is -3.59. The van der Waals surface area contributed by atoms with E-state index in [0.717, 1.165) is 40.8 Å². The number of hydrogen-bond donors (Lipinski definition) is 0. The topological polar surface area (TPSA) is 33.5 Å². The van der Waals surface area contributed by atoms with Gasteiger partial charge < -0.3 is 0 Å². The Kier molecular flexibility index (Phi) is 9.81. The van der Waals surface area contributed by atoms with E-state index in [1.165, 1.54) is 71.2 Å². The van der Waals surface area contributed by atoms with E-state index in [4.69, 9.17) is 9.72 Å². The van der Waals surface area contributed by atoms with E-state index < -0.39 is 13.3 Å². The average molecular weight is 1010 g/mol. The summed E-state index contributed by atoms with van der Waals surface area (Å²) in [6.07, 6.45) is 7.84. The third-order valence-corrected chi connectivity index (χ3v) is 27.8. The Balaban J connectivity index is 0.935. The Morgan fingerprint density at radius 3 is 1.88 bits per heavy atom. The van der Waals surface area contributed by atoms with E-state index in [1.807, 2.05) is 6.20 Å². The van der Waals surface area contributed by atoms with Crippen LogP contribution in [0.1, 0.15) is 73.7 Å². The Bertz CT molecular complexity index is 3780. The second-order valence-corrected chi connectivity index (χ2v) is 30.1. The first-order valence-electron chi connectivity index (χ1n) is 25.8. The van der Waals surface area contributed by atoms with Gasteiger partial charge in [0.25, 0.3) is 0 Å². The van der Waals surface area contributed by atoms with E-state index in [9.17, 15) is 0 Å². The molecule has 4 aliphatic rings. The molecule has 1 spiro atoms. The number of pyridine rings is 1. The Hall–Kier alpha value is -7.87. The number of allylic oxidation sites excluding steroid dienone is 1. The summed E-state index contributed by atoms with van der Waals surface area (Å²) in [5.74, 6) is 2.60. The molecule has 73 heavy (non-hydrogen) atoms. The van der Waals surface area contributed by atoms with Crippen LogP contribution in [-0.2, 0) is 10.8 Å². The van der Waals surface area contributed by atoms with E-state index in [0.29, 0.717) is 11.4 Å². The number of anilines is 4. The molecule has 0 saturated carbocycles. The van der Waals surface area contributed by atoms with Gasteiger partial charge in [0.15, 0.2) is 0 Å². The molecular weight excluding hydrogens is 949 g/mol. The number of para-hydroxylation sites is 3. The molecule has 0 fully saturated rings. The van der Waals surface area contributed by atoms with E-state index in [2.05, 4.69) is 261 Å². The first kappa shape index (κ1) is 43.9. The molecule has 354 valence electrons. The van der Waals surface area contributed by atoms with Gasteiger partial charge >= 0.3 is 344 Å². The van der Waals surface area contributed by atoms with Crippen molar-refractivity contribution in [1.29, 1.82) is 0 Å². The van der Waals surface area contributed by atoms with Crippen LogP contribution in [0, 0.1) is 0 Å². The van der Waals surface area contributed by atoms with Gasteiger partial charge in [0.05, 0.1) is 0 Å². The third-order valence-electron chi connectivity index (χ3n) is 16.5. The first-order valence-corrected chi connectivity index (χ1v) is 30.2. The summed E-state index contributed by atoms with van der Waals surface area (Å²) in [6, 6.07) is 74.0. The number of hydrogen-bond acceptors (Lipinski definition) is 4. The fourth-order valence-electron chi connectivity index (χ4n) is 13.3. The van der Waals surface area contributed by atoms with Crippen LogP contribution >= 0.6 is 0 Å². The summed E-state index contributed by atoms with van der Waals surface area (Å²) in [4.78, 5) is 10.1. The summed E-state index contributed by atoms with van der Waals surface area (Å²) in [5.41, 5.74) is 17.3. The van der Waals surface area contributed by atoms with E-state index >= 15 is 0 Å². The summed E-state index contributed by atoms with van der Waals surface area (Å²) in [6.45, 7) is 12.3. The van der Waals surface area contributed by atoms with Gasteiger partial charge in [-0.3, -0.25) is 0 Å². The van der Waals surface area contributed by atoms with E-state index in [-0.39, 0.29) is 10.8 Å². The zero-order chi connectivity index (χ0) is 49.2. The van der Waals surface area contributed by atoms with Crippen LogP contribution in [0.4, 0.5) is 22.7 Å². The van der Waals surface area contributed by atoms with Crippen molar-refractivity contribution in [3.05, 3.63) is 240 Å². The molecule has 5 nitrogen and oxygen atoms in total. The van der Waals surface area contributed by atoms with Crippen LogP contribution in [0.2, 0.25) is 0 Å². The molecule has 14 rings (SSSR count). The molecular formula is C67H56GeN4O. The monoisotopic (exact) mass is 1010 g/mol. The first-order chi connectivity index (χ1) is 35.6. The van der Waals surface area contributed by atoms with Crippen molar-refractivity contribution in [2.45, 2.75) is 56.6 Å². The van der Waals surface area contributed by atoms with Gasteiger partial charge in [-0.2, -0.15) is 0 Å². The number of aromatic nitrogens is 2. The maximum absolute atomic E-state index is 7.36. The number of rotatable bonds is 7. The maximum atomic E-state index is 7.36. The van der Waals surface area contributed by atoms with Crippen LogP contribution in [0.25, 0.3) is 45.1 Å². The minimum absolute atomic E-state index is 0.0370. The van der Waals surface area contributed by atoms with Crippen molar-refractivity contribution >= 4 is 66.2 Å². The molecule has 0 N–H and O–H groups in total. The molecule has 1 unspecified atom stereocenters. The van der Waals surface area contributed by atoms with Gasteiger partial charge in [0, 0.05) is 0 Å². The molecule has 1 atom stereocenters. The second kappa shape index (κ2) is 16.3. The molecule has 2 aromatic heterocycles. The SMILES string of the molecule is CC(C)(C)c1ccnc(-n2c3c4c5[c](cc(Oc6cccc(N7CN(c8c(-c9ccccc9)cccc8-c8ccccc8)c8ccccc87)c6)cc52)[Ge]2([c]5ccccc5C(C)(C)c5cccc[c]52)[CH]4CC=C3)c1. The van der Waals surface area contributed by atoms with Crippen molar-refractivity contribution in [1.82, 2.24) is 9.55 Å². The average Bonchev–Trinajstić information content (AvgIpc) is 4.10. The van der Waals surface area contributed by atoms with Crippen LogP contribution < -0.4 is 27.7 Å². The van der Waals surface area contributed by atoms with Crippen molar-refractivity contribution in [2.75, 3.05) is 16.5 Å². The van der Waals surface area contributed by atoms with Crippen molar-refractivity contribution in [3.8, 4) is 39.6 Å². The normalized spacial score (nSPS) is 16.4. The molecule has 0 bridgehead atoms. The van der Waals surface area contributed by atoms with Crippen molar-refractivity contribution in [2.24, 2.45) is 0 Å². The van der Waals surface area contributed by atoms with Gasteiger partial charge in [-0.1, -0.05) is 78.9 Å². The van der Waals surface area contributed by atoms with Crippen LogP contribution in [0.15, 0.2) is 212 Å². The fraction of sp³-hybridized carbons (Fsp3) is 0.149. The number of nitrogens with zero attached hydrogens (tertiary/aromatic N) is 4. The molecule has 8 aromatic carbocycles. The molecule has 0 amide bonds. The second-order valence-electron chi connectivity index (χ2n) is 21.9. The van der Waals surface area contributed by atoms with Gasteiger partial charge in [-0.05, 0) is 11.1 Å². The van der Waals surface area contributed by atoms with Crippen LogP contribution in [0.3, 0.4) is 0 Å². The molecule has 6 heteroatoms. The standard InChI is InChI=1S/C67H56GeN4O/c1-66(2,3)46-37-38-69-62(39-46)72-60-36-20-33-56-63(60)64-57(68(56)54-31-14-12-29-52(54)67(4,5)53-30-13-15-32-55(53)68)41-49(42-61(64)72)73-48-26-18-25-47(40-48)70-43-71(59-35-17-16-34-58(59)70)65-50(44-21-8-6-9-22-44)27-19-28-51(65)45-23-10-7-11-24-45/h6-32,34-42,56H,33,43H2,1-5H3. The molecule has 0 saturated heterocycles. The quantitative estimate of drug-likeness (QED) is 0.149. The van der Waals surface area contributed by atoms with Gasteiger partial charge in [-0.25, -0.2) is 0 Å². The zero-order valence-corrected chi connectivity index (χ0v) is 44.1. The summed E-state index contributed by atoms with van der Waals surface area (Å²) < 4.78 is 14.8. The Morgan fingerprint density at radius 1 is 0.589 bits per heavy atom. The number of benzene rings is 8. The van der Waals surface area contributed by atoms with Crippen molar-refractivity contribution in [3.63, 3.8) is 0 Å². The summed E-state index contributed by atoms with van der Waals surface area (Å²) in [7, 11) is 0. The Morgan fingerprint density at radius 2 is 1.21 bits per heavy atom. The van der Waals surface area contributed by atoms with Crippen molar-refractivity contribution < 1.29 is 4.74 Å². The van der Waals surface area contributed by atoms with Gasteiger partial charge in [0.1, 0.15) is 0 Å². The van der Waals surface area contributed by atoms with Gasteiger partial charge in [0.2, 0.25) is 0 Å². The van der Waals surface area contributed by atoms with Crippen LogP contribution in [0.5, 0.6) is 11.5 Å². The van der Waals surface area contributed by atoms with Crippen LogP contribution in [-0.4, -0.2) is 29.5 Å². The molecule has 0 radical (unpaired) electrons. The molecule has 1 aliphatic carbocycles. The Labute approximate surface area is 431 Å². The van der Waals surface area contributed by atoms with Gasteiger partial charge in [-0.15, -0.1) is 0 Å². The summed E-state index contributed by atoms with van der Waals surface area (Å²) in [5, 5.41) is 1.40. The fourth-order valence-corrected chi connectivity index (χ4v) is 27.2. The molecule has 10 aromatic rings. The predicted octanol–water partition coefficient (Wildman–Crippen LogP) is 14.9. The minimum atomic E-state index is -3.59. The van der Waals surface area contributed by atoms with E-state index in [1.54, 1.807) is 8.79 Å². The predicted molar refractivity (Wildman–Crippen MR) is 305 cm³/mol. The molecule has 5 heterocycles.